The lowest BCUT2D eigenvalue weighted by Gasteiger charge is -2.09. The van der Waals surface area contributed by atoms with Crippen molar-refractivity contribution in [2.45, 2.75) is 40.2 Å². The molecule has 0 spiro atoms. The van der Waals surface area contributed by atoms with Crippen molar-refractivity contribution in [3.8, 4) is 0 Å². The summed E-state index contributed by atoms with van der Waals surface area (Å²) in [5.74, 6) is 0.449. The van der Waals surface area contributed by atoms with E-state index in [9.17, 15) is 4.79 Å². The lowest BCUT2D eigenvalue weighted by atomic mass is 10.1. The Labute approximate surface area is 98.1 Å². The van der Waals surface area contributed by atoms with E-state index in [1.165, 1.54) is 5.56 Å². The fourth-order valence-corrected chi connectivity index (χ4v) is 1.26. The van der Waals surface area contributed by atoms with Gasteiger partial charge in [0.05, 0.1) is 6.61 Å². The Balaban J connectivity index is 0.00000106. The molecule has 3 nitrogen and oxygen atoms in total. The van der Waals surface area contributed by atoms with Crippen molar-refractivity contribution in [1.29, 1.82) is 0 Å². The van der Waals surface area contributed by atoms with Gasteiger partial charge < -0.3 is 9.30 Å². The van der Waals surface area contributed by atoms with Gasteiger partial charge in [-0.2, -0.15) is 0 Å². The standard InChI is InChI=1S/C11H17NO2.C2H6/c1-9(2)10-4-5-11(13)12(8-10)6-7-14-3;1-2/h4-5,8-9H,6-7H2,1-3H3;1-2H3. The quantitative estimate of drug-likeness (QED) is 0.788. The topological polar surface area (TPSA) is 31.2 Å². The van der Waals surface area contributed by atoms with Gasteiger partial charge in [0.25, 0.3) is 5.56 Å². The van der Waals surface area contributed by atoms with E-state index in [4.69, 9.17) is 4.74 Å². The highest BCUT2D eigenvalue weighted by molar-refractivity contribution is 5.13. The summed E-state index contributed by atoms with van der Waals surface area (Å²) in [5.41, 5.74) is 1.21. The number of methoxy groups -OCH3 is 1. The van der Waals surface area contributed by atoms with Gasteiger partial charge in [0, 0.05) is 25.9 Å². The molecule has 1 rings (SSSR count). The molecule has 1 heterocycles. The normalized spacial score (nSPS) is 9.88. The van der Waals surface area contributed by atoms with Gasteiger partial charge in [0.2, 0.25) is 0 Å². The van der Waals surface area contributed by atoms with E-state index in [1.807, 2.05) is 26.1 Å². The van der Waals surface area contributed by atoms with Crippen LogP contribution in [-0.4, -0.2) is 18.3 Å². The van der Waals surface area contributed by atoms with E-state index in [2.05, 4.69) is 13.8 Å². The molecule has 92 valence electrons. The minimum Gasteiger partial charge on any atom is -0.383 e. The van der Waals surface area contributed by atoms with Crippen LogP contribution in [0.3, 0.4) is 0 Å². The molecule has 0 fully saturated rings. The Morgan fingerprint density at radius 2 is 1.94 bits per heavy atom. The van der Waals surface area contributed by atoms with E-state index in [0.29, 0.717) is 19.1 Å². The van der Waals surface area contributed by atoms with Crippen LogP contribution < -0.4 is 5.56 Å². The van der Waals surface area contributed by atoms with Gasteiger partial charge in [0.1, 0.15) is 0 Å². The van der Waals surface area contributed by atoms with Crippen molar-refractivity contribution >= 4 is 0 Å². The van der Waals surface area contributed by atoms with Gasteiger partial charge in [-0.1, -0.05) is 33.8 Å². The van der Waals surface area contributed by atoms with Crippen molar-refractivity contribution in [2.75, 3.05) is 13.7 Å². The average Bonchev–Trinajstić information content (AvgIpc) is 2.30. The molecule has 1 aromatic heterocycles. The summed E-state index contributed by atoms with van der Waals surface area (Å²) in [5, 5.41) is 0. The summed E-state index contributed by atoms with van der Waals surface area (Å²) in [6.07, 6.45) is 1.91. The fourth-order valence-electron chi connectivity index (χ4n) is 1.26. The lowest BCUT2D eigenvalue weighted by Crippen LogP contribution is -2.21. The molecule has 0 N–H and O–H groups in total. The van der Waals surface area contributed by atoms with Crippen LogP contribution in [0.1, 0.15) is 39.2 Å². The second-order valence-electron chi connectivity index (χ2n) is 3.64. The Morgan fingerprint density at radius 1 is 1.31 bits per heavy atom. The predicted molar refractivity (Wildman–Crippen MR) is 68.0 cm³/mol. The molecule has 0 saturated carbocycles. The highest BCUT2D eigenvalue weighted by atomic mass is 16.5. The van der Waals surface area contributed by atoms with Gasteiger partial charge in [0.15, 0.2) is 0 Å². The molecule has 0 unspecified atom stereocenters. The smallest absolute Gasteiger partial charge is 0.250 e. The first-order valence-corrected chi connectivity index (χ1v) is 5.84. The maximum Gasteiger partial charge on any atom is 0.250 e. The number of rotatable bonds is 4. The highest BCUT2D eigenvalue weighted by Crippen LogP contribution is 2.11. The molecular formula is C13H23NO2. The third kappa shape index (κ3) is 4.62. The third-order valence-electron chi connectivity index (χ3n) is 2.21. The second kappa shape index (κ2) is 8.11. The number of pyridine rings is 1. The summed E-state index contributed by atoms with van der Waals surface area (Å²) in [6.45, 7) is 9.41. The third-order valence-corrected chi connectivity index (χ3v) is 2.21. The number of hydrogen-bond donors (Lipinski definition) is 0. The minimum absolute atomic E-state index is 0.0338. The molecule has 0 radical (unpaired) electrons. The Morgan fingerprint density at radius 3 is 2.44 bits per heavy atom. The zero-order valence-corrected chi connectivity index (χ0v) is 11.0. The minimum atomic E-state index is 0.0338. The van der Waals surface area contributed by atoms with Gasteiger partial charge >= 0.3 is 0 Å². The Hall–Kier alpha value is -1.09. The molecule has 0 aromatic carbocycles. The Bertz CT molecular complexity index is 342. The molecule has 16 heavy (non-hydrogen) atoms. The maximum atomic E-state index is 11.4. The summed E-state index contributed by atoms with van der Waals surface area (Å²) < 4.78 is 6.63. The van der Waals surface area contributed by atoms with Crippen molar-refractivity contribution in [2.24, 2.45) is 0 Å². The van der Waals surface area contributed by atoms with E-state index < -0.39 is 0 Å². The van der Waals surface area contributed by atoms with Crippen molar-refractivity contribution in [3.63, 3.8) is 0 Å². The largest absolute Gasteiger partial charge is 0.383 e. The van der Waals surface area contributed by atoms with Crippen LogP contribution in [-0.2, 0) is 11.3 Å². The van der Waals surface area contributed by atoms with Crippen molar-refractivity contribution in [3.05, 3.63) is 34.2 Å². The molecule has 0 aliphatic rings. The van der Waals surface area contributed by atoms with Gasteiger partial charge in [-0.3, -0.25) is 4.79 Å². The first kappa shape index (κ1) is 14.9. The van der Waals surface area contributed by atoms with Crippen LogP contribution in [0.15, 0.2) is 23.1 Å². The summed E-state index contributed by atoms with van der Waals surface area (Å²) in [6, 6.07) is 3.50. The molecule has 3 heteroatoms. The molecule has 1 aromatic rings. The molecule has 0 aliphatic heterocycles. The monoisotopic (exact) mass is 225 g/mol. The molecule has 0 atom stereocenters. The Kier molecular flexibility index (Phi) is 7.56. The van der Waals surface area contributed by atoms with Crippen LogP contribution in [0.25, 0.3) is 0 Å². The summed E-state index contributed by atoms with van der Waals surface area (Å²) >= 11 is 0. The number of ether oxygens (including phenoxy) is 1. The van der Waals surface area contributed by atoms with Gasteiger partial charge in [-0.25, -0.2) is 0 Å². The molecule has 0 bridgehead atoms. The first-order valence-electron chi connectivity index (χ1n) is 5.84. The number of aromatic nitrogens is 1. The first-order chi connectivity index (χ1) is 7.65. The van der Waals surface area contributed by atoms with Crippen LogP contribution in [0.2, 0.25) is 0 Å². The summed E-state index contributed by atoms with van der Waals surface area (Å²) in [4.78, 5) is 11.4. The molecule has 0 amide bonds. The van der Waals surface area contributed by atoms with E-state index in [1.54, 1.807) is 17.7 Å². The number of nitrogens with zero attached hydrogens (tertiary/aromatic N) is 1. The van der Waals surface area contributed by atoms with Crippen molar-refractivity contribution < 1.29 is 4.74 Å². The van der Waals surface area contributed by atoms with Gasteiger partial charge in [-0.15, -0.1) is 0 Å². The average molecular weight is 225 g/mol. The molecule has 0 saturated heterocycles. The summed E-state index contributed by atoms with van der Waals surface area (Å²) in [7, 11) is 1.64. The number of hydrogen-bond acceptors (Lipinski definition) is 2. The van der Waals surface area contributed by atoms with Crippen LogP contribution in [0, 0.1) is 0 Å². The lowest BCUT2D eigenvalue weighted by molar-refractivity contribution is 0.186. The van der Waals surface area contributed by atoms with Crippen LogP contribution in [0.4, 0.5) is 0 Å². The van der Waals surface area contributed by atoms with E-state index in [-0.39, 0.29) is 5.56 Å². The van der Waals surface area contributed by atoms with E-state index in [0.717, 1.165) is 0 Å². The van der Waals surface area contributed by atoms with Gasteiger partial charge in [-0.05, 0) is 11.5 Å². The zero-order chi connectivity index (χ0) is 12.6. The zero-order valence-electron chi connectivity index (χ0n) is 11.0. The highest BCUT2D eigenvalue weighted by Gasteiger charge is 2.01. The van der Waals surface area contributed by atoms with Crippen LogP contribution >= 0.6 is 0 Å². The molecular weight excluding hydrogens is 202 g/mol. The molecule has 0 aliphatic carbocycles. The second-order valence-corrected chi connectivity index (χ2v) is 3.64. The van der Waals surface area contributed by atoms with E-state index >= 15 is 0 Å². The fraction of sp³-hybridized carbons (Fsp3) is 0.615. The van der Waals surface area contributed by atoms with Crippen molar-refractivity contribution in [1.82, 2.24) is 4.57 Å². The SMILES string of the molecule is CC.COCCn1cc(C(C)C)ccc1=O. The maximum absolute atomic E-state index is 11.4. The van der Waals surface area contributed by atoms with Crippen LogP contribution in [0.5, 0.6) is 0 Å². The predicted octanol–water partition coefficient (Wildman–Crippen LogP) is 2.64.